The highest BCUT2D eigenvalue weighted by atomic mass is 16.1. The molecule has 1 heteroatoms. The molecule has 1 nitrogen and oxygen atoms in total. The fourth-order valence-electron chi connectivity index (χ4n) is 2.99. The van der Waals surface area contributed by atoms with E-state index in [0.29, 0.717) is 6.42 Å². The first-order chi connectivity index (χ1) is 9.74. The first-order valence-electron chi connectivity index (χ1n) is 7.43. The van der Waals surface area contributed by atoms with Crippen molar-refractivity contribution in [3.05, 3.63) is 70.3 Å². The van der Waals surface area contributed by atoms with Gasteiger partial charge < -0.3 is 0 Å². The number of carbonyl (C=O) groups is 1. The minimum Gasteiger partial charge on any atom is -0.294 e. The Bertz CT molecular complexity index is 640. The van der Waals surface area contributed by atoms with E-state index in [-0.39, 0.29) is 5.78 Å². The van der Waals surface area contributed by atoms with Crippen LogP contribution in [0.15, 0.2) is 42.5 Å². The summed E-state index contributed by atoms with van der Waals surface area (Å²) < 4.78 is 0. The van der Waals surface area contributed by atoms with Crippen molar-refractivity contribution in [2.75, 3.05) is 0 Å². The van der Waals surface area contributed by atoms with E-state index >= 15 is 0 Å². The largest absolute Gasteiger partial charge is 0.294 e. The Labute approximate surface area is 120 Å². The standard InChI is InChI=1S/C19H20O/c1-14-6-2-3-8-16(14)13-19(20)18-11-10-15-7-4-5-9-17(15)12-18/h2-3,6,8,10-12H,4-5,7,9,13H2,1H3. The smallest absolute Gasteiger partial charge is 0.167 e. The van der Waals surface area contributed by atoms with Crippen molar-refractivity contribution in [3.8, 4) is 0 Å². The van der Waals surface area contributed by atoms with E-state index in [4.69, 9.17) is 0 Å². The van der Waals surface area contributed by atoms with Crippen molar-refractivity contribution in [1.82, 2.24) is 0 Å². The molecule has 2 aromatic rings. The minimum atomic E-state index is 0.229. The van der Waals surface area contributed by atoms with E-state index in [0.717, 1.165) is 17.5 Å². The van der Waals surface area contributed by atoms with Crippen molar-refractivity contribution in [1.29, 1.82) is 0 Å². The molecule has 0 spiro atoms. The molecule has 102 valence electrons. The number of Topliss-reactive ketones (excluding diaryl/α,β-unsaturated/α-hetero) is 1. The molecule has 1 aliphatic carbocycles. The fraction of sp³-hybridized carbons (Fsp3) is 0.316. The average Bonchev–Trinajstić information content (AvgIpc) is 2.49. The van der Waals surface area contributed by atoms with Crippen LogP contribution in [-0.4, -0.2) is 5.78 Å². The molecule has 0 fully saturated rings. The Hall–Kier alpha value is -1.89. The van der Waals surface area contributed by atoms with Crippen molar-refractivity contribution in [2.24, 2.45) is 0 Å². The lowest BCUT2D eigenvalue weighted by Gasteiger charge is -2.16. The van der Waals surface area contributed by atoms with Gasteiger partial charge in [0.15, 0.2) is 5.78 Å². The molecule has 0 aromatic heterocycles. The zero-order valence-corrected chi connectivity index (χ0v) is 12.0. The van der Waals surface area contributed by atoms with Crippen LogP contribution in [0.25, 0.3) is 0 Å². The monoisotopic (exact) mass is 264 g/mol. The van der Waals surface area contributed by atoms with Crippen LogP contribution in [0, 0.1) is 6.92 Å². The number of hydrogen-bond donors (Lipinski definition) is 0. The van der Waals surface area contributed by atoms with Crippen LogP contribution < -0.4 is 0 Å². The van der Waals surface area contributed by atoms with Crippen LogP contribution in [0.5, 0.6) is 0 Å². The predicted molar refractivity (Wildman–Crippen MR) is 82.3 cm³/mol. The Morgan fingerprint density at radius 1 is 1.00 bits per heavy atom. The molecule has 2 aromatic carbocycles. The second kappa shape index (κ2) is 5.62. The zero-order chi connectivity index (χ0) is 13.9. The van der Waals surface area contributed by atoms with Gasteiger partial charge in [0.25, 0.3) is 0 Å². The zero-order valence-electron chi connectivity index (χ0n) is 12.0. The van der Waals surface area contributed by atoms with E-state index in [9.17, 15) is 4.79 Å². The molecule has 0 N–H and O–H groups in total. The van der Waals surface area contributed by atoms with Crippen LogP contribution in [0.4, 0.5) is 0 Å². The summed E-state index contributed by atoms with van der Waals surface area (Å²) in [5.41, 5.74) is 6.01. The number of carbonyl (C=O) groups excluding carboxylic acids is 1. The molecule has 3 rings (SSSR count). The fourth-order valence-corrected chi connectivity index (χ4v) is 2.99. The van der Waals surface area contributed by atoms with Gasteiger partial charge in [0, 0.05) is 12.0 Å². The van der Waals surface area contributed by atoms with Crippen molar-refractivity contribution in [3.63, 3.8) is 0 Å². The van der Waals surface area contributed by atoms with Crippen LogP contribution >= 0.6 is 0 Å². The molecule has 0 bridgehead atoms. The summed E-state index contributed by atoms with van der Waals surface area (Å²) in [6, 6.07) is 14.4. The lowest BCUT2D eigenvalue weighted by atomic mass is 9.89. The Balaban J connectivity index is 1.82. The molecule has 1 aliphatic rings. The molecular weight excluding hydrogens is 244 g/mol. The second-order valence-electron chi connectivity index (χ2n) is 5.72. The van der Waals surface area contributed by atoms with Crippen LogP contribution in [0.3, 0.4) is 0 Å². The van der Waals surface area contributed by atoms with E-state index in [1.165, 1.54) is 36.0 Å². The predicted octanol–water partition coefficient (Wildman–Crippen LogP) is 4.30. The summed E-state index contributed by atoms with van der Waals surface area (Å²) in [4.78, 5) is 12.5. The summed E-state index contributed by atoms with van der Waals surface area (Å²) in [7, 11) is 0. The first-order valence-corrected chi connectivity index (χ1v) is 7.43. The maximum Gasteiger partial charge on any atom is 0.167 e. The van der Waals surface area contributed by atoms with Gasteiger partial charge in [-0.2, -0.15) is 0 Å². The quantitative estimate of drug-likeness (QED) is 0.755. The second-order valence-corrected chi connectivity index (χ2v) is 5.72. The lowest BCUT2D eigenvalue weighted by Crippen LogP contribution is -2.08. The summed E-state index contributed by atoms with van der Waals surface area (Å²) in [6.45, 7) is 2.06. The van der Waals surface area contributed by atoms with E-state index in [2.05, 4.69) is 25.1 Å². The molecule has 0 heterocycles. The van der Waals surface area contributed by atoms with Gasteiger partial charge in [0.05, 0.1) is 0 Å². The van der Waals surface area contributed by atoms with E-state index in [1.54, 1.807) is 0 Å². The van der Waals surface area contributed by atoms with Gasteiger partial charge in [0.1, 0.15) is 0 Å². The highest BCUT2D eigenvalue weighted by Gasteiger charge is 2.13. The van der Waals surface area contributed by atoms with Gasteiger partial charge >= 0.3 is 0 Å². The van der Waals surface area contributed by atoms with Gasteiger partial charge in [-0.3, -0.25) is 4.79 Å². The maximum absolute atomic E-state index is 12.5. The number of ketones is 1. The van der Waals surface area contributed by atoms with Crippen molar-refractivity contribution >= 4 is 5.78 Å². The molecule has 0 amide bonds. The highest BCUT2D eigenvalue weighted by molar-refractivity contribution is 5.97. The molecule has 0 saturated carbocycles. The first kappa shape index (κ1) is 13.1. The number of hydrogen-bond acceptors (Lipinski definition) is 1. The molecule has 20 heavy (non-hydrogen) atoms. The summed E-state index contributed by atoms with van der Waals surface area (Å²) in [5, 5.41) is 0. The third-order valence-electron chi connectivity index (χ3n) is 4.28. The Morgan fingerprint density at radius 3 is 2.55 bits per heavy atom. The minimum absolute atomic E-state index is 0.229. The number of fused-ring (bicyclic) bond motifs is 1. The third kappa shape index (κ3) is 2.67. The van der Waals surface area contributed by atoms with Crippen LogP contribution in [-0.2, 0) is 19.3 Å². The normalized spacial score (nSPS) is 13.8. The maximum atomic E-state index is 12.5. The molecular formula is C19H20O. The summed E-state index contributed by atoms with van der Waals surface area (Å²) in [5.74, 6) is 0.229. The van der Waals surface area contributed by atoms with E-state index in [1.807, 2.05) is 24.3 Å². The van der Waals surface area contributed by atoms with E-state index < -0.39 is 0 Å². The third-order valence-corrected chi connectivity index (χ3v) is 4.28. The number of benzene rings is 2. The highest BCUT2D eigenvalue weighted by Crippen LogP contribution is 2.23. The van der Waals surface area contributed by atoms with Crippen molar-refractivity contribution < 1.29 is 4.79 Å². The molecule has 0 atom stereocenters. The lowest BCUT2D eigenvalue weighted by molar-refractivity contribution is 0.0992. The molecule has 0 unspecified atom stereocenters. The molecule has 0 radical (unpaired) electrons. The molecule has 0 aliphatic heterocycles. The van der Waals surface area contributed by atoms with Gasteiger partial charge in [-0.25, -0.2) is 0 Å². The number of rotatable bonds is 3. The van der Waals surface area contributed by atoms with Gasteiger partial charge in [-0.15, -0.1) is 0 Å². The summed E-state index contributed by atoms with van der Waals surface area (Å²) in [6.07, 6.45) is 5.33. The SMILES string of the molecule is Cc1ccccc1CC(=O)c1ccc2c(c1)CCCC2. The van der Waals surface area contributed by atoms with Crippen LogP contribution in [0.2, 0.25) is 0 Å². The number of aryl methyl sites for hydroxylation is 3. The van der Waals surface area contributed by atoms with Crippen LogP contribution in [0.1, 0.15) is 45.5 Å². The Kier molecular flexibility index (Phi) is 3.68. The van der Waals surface area contributed by atoms with Gasteiger partial charge in [-0.1, -0.05) is 36.4 Å². The summed E-state index contributed by atoms with van der Waals surface area (Å²) >= 11 is 0. The van der Waals surface area contributed by atoms with Gasteiger partial charge in [-0.05, 0) is 60.9 Å². The molecule has 0 saturated heterocycles. The average molecular weight is 264 g/mol. The topological polar surface area (TPSA) is 17.1 Å². The van der Waals surface area contributed by atoms with Crippen molar-refractivity contribution in [2.45, 2.75) is 39.0 Å². The van der Waals surface area contributed by atoms with Gasteiger partial charge in [0.2, 0.25) is 0 Å². The Morgan fingerprint density at radius 2 is 1.75 bits per heavy atom.